The second-order valence-corrected chi connectivity index (χ2v) is 4.93. The molecule has 0 fully saturated rings. The number of benzene rings is 1. The lowest BCUT2D eigenvalue weighted by molar-refractivity contribution is -0.142. The van der Waals surface area contributed by atoms with Gasteiger partial charge in [0.2, 0.25) is 12.5 Å². The van der Waals surface area contributed by atoms with E-state index in [1.54, 1.807) is 12.1 Å². The Morgan fingerprint density at radius 2 is 2.17 bits per heavy atom. The first-order valence-electron chi connectivity index (χ1n) is 6.74. The van der Waals surface area contributed by atoms with Crippen LogP contribution in [0, 0.1) is 0 Å². The molecule has 0 spiro atoms. The average molecular weight is 329 g/mol. The summed E-state index contributed by atoms with van der Waals surface area (Å²) in [7, 11) is 1.52. The highest BCUT2D eigenvalue weighted by atomic mass is 19.4. The van der Waals surface area contributed by atoms with E-state index in [2.05, 4.69) is 10.4 Å². The summed E-state index contributed by atoms with van der Waals surface area (Å²) in [5.74, 6) is 1.67. The van der Waals surface area contributed by atoms with Crippen molar-refractivity contribution in [1.82, 2.24) is 9.78 Å². The summed E-state index contributed by atoms with van der Waals surface area (Å²) in [6.45, 7) is -0.607. The fourth-order valence-corrected chi connectivity index (χ4v) is 2.22. The zero-order chi connectivity index (χ0) is 16.4. The molecular formula is C14H14F3N3O3. The molecule has 1 aliphatic rings. The third-order valence-corrected chi connectivity index (χ3v) is 3.19. The quantitative estimate of drug-likeness (QED) is 0.914. The number of ether oxygens (including phenoxy) is 3. The summed E-state index contributed by atoms with van der Waals surface area (Å²) in [5, 5.41) is 6.68. The zero-order valence-corrected chi connectivity index (χ0v) is 12.2. The summed E-state index contributed by atoms with van der Waals surface area (Å²) in [5.41, 5.74) is 1.33. The smallest absolute Gasteiger partial charge is 0.408 e. The van der Waals surface area contributed by atoms with E-state index in [4.69, 9.17) is 14.2 Å². The molecule has 0 unspecified atom stereocenters. The monoisotopic (exact) mass is 329 g/mol. The van der Waals surface area contributed by atoms with Crippen LogP contribution in [-0.2, 0) is 13.1 Å². The minimum absolute atomic E-state index is 0.132. The lowest BCUT2D eigenvalue weighted by Crippen LogP contribution is -2.17. The lowest BCUT2D eigenvalue weighted by Gasteiger charge is -2.09. The first-order chi connectivity index (χ1) is 10.9. The predicted molar refractivity (Wildman–Crippen MR) is 74.7 cm³/mol. The molecule has 1 aliphatic heterocycles. The van der Waals surface area contributed by atoms with E-state index in [0.29, 0.717) is 29.5 Å². The molecule has 23 heavy (non-hydrogen) atoms. The summed E-state index contributed by atoms with van der Waals surface area (Å²) in [6, 6.07) is 3.57. The van der Waals surface area contributed by atoms with Crippen molar-refractivity contribution in [2.75, 3.05) is 19.2 Å². The molecule has 0 aliphatic carbocycles. The lowest BCUT2D eigenvalue weighted by atomic mass is 10.2. The number of halogens is 3. The Kier molecular flexibility index (Phi) is 3.93. The van der Waals surface area contributed by atoms with Crippen molar-refractivity contribution >= 4 is 5.69 Å². The van der Waals surface area contributed by atoms with E-state index in [0.717, 1.165) is 10.2 Å². The molecular weight excluding hydrogens is 315 g/mol. The van der Waals surface area contributed by atoms with Crippen LogP contribution < -0.4 is 19.5 Å². The van der Waals surface area contributed by atoms with E-state index < -0.39 is 12.7 Å². The number of anilines is 1. The molecule has 1 aromatic carbocycles. The summed E-state index contributed by atoms with van der Waals surface area (Å²) in [6.07, 6.45) is -1.65. The predicted octanol–water partition coefficient (Wildman–Crippen LogP) is 2.79. The molecule has 3 rings (SSSR count). The first-order valence-corrected chi connectivity index (χ1v) is 6.74. The molecule has 1 aromatic heterocycles. The number of fused-ring (bicyclic) bond motifs is 1. The first kappa shape index (κ1) is 15.3. The number of hydrogen-bond acceptors (Lipinski definition) is 5. The standard InChI is InChI=1S/C14H14F3N3O3/c1-21-11-2-9(3-12-13(11)23-8-22-12)4-18-10-5-19-20(6-10)7-14(15,16)17/h2-3,5-6,18H,4,7-8H2,1H3. The average Bonchev–Trinajstić information content (AvgIpc) is 3.11. The van der Waals surface area contributed by atoms with Crippen LogP contribution in [0.2, 0.25) is 0 Å². The van der Waals surface area contributed by atoms with E-state index in [9.17, 15) is 13.2 Å². The normalized spacial score (nSPS) is 13.2. The van der Waals surface area contributed by atoms with Crippen LogP contribution in [0.5, 0.6) is 17.2 Å². The van der Waals surface area contributed by atoms with E-state index in [-0.39, 0.29) is 6.79 Å². The second kappa shape index (κ2) is 5.90. The second-order valence-electron chi connectivity index (χ2n) is 4.93. The van der Waals surface area contributed by atoms with Gasteiger partial charge in [-0.15, -0.1) is 0 Å². The Labute approximate surface area is 129 Å². The molecule has 0 amide bonds. The minimum atomic E-state index is -4.30. The van der Waals surface area contributed by atoms with Crippen molar-refractivity contribution in [2.24, 2.45) is 0 Å². The molecule has 0 saturated heterocycles. The van der Waals surface area contributed by atoms with Crippen molar-refractivity contribution in [3.63, 3.8) is 0 Å². The van der Waals surface area contributed by atoms with Gasteiger partial charge in [0, 0.05) is 12.7 Å². The topological polar surface area (TPSA) is 57.5 Å². The largest absolute Gasteiger partial charge is 0.493 e. The van der Waals surface area contributed by atoms with Gasteiger partial charge in [-0.3, -0.25) is 4.68 Å². The highest BCUT2D eigenvalue weighted by molar-refractivity contribution is 5.55. The van der Waals surface area contributed by atoms with Gasteiger partial charge in [0.15, 0.2) is 11.5 Å². The molecule has 0 bridgehead atoms. The van der Waals surface area contributed by atoms with Crippen LogP contribution >= 0.6 is 0 Å². The molecule has 0 radical (unpaired) electrons. The summed E-state index contributed by atoms with van der Waals surface area (Å²) < 4.78 is 53.6. The fraction of sp³-hybridized carbons (Fsp3) is 0.357. The Morgan fingerprint density at radius 3 is 2.91 bits per heavy atom. The fourth-order valence-electron chi connectivity index (χ4n) is 2.22. The Bertz CT molecular complexity index is 700. The third kappa shape index (κ3) is 3.61. The van der Waals surface area contributed by atoms with Crippen molar-refractivity contribution < 1.29 is 27.4 Å². The number of aromatic nitrogens is 2. The van der Waals surface area contributed by atoms with Gasteiger partial charge in [-0.1, -0.05) is 0 Å². The van der Waals surface area contributed by atoms with Gasteiger partial charge in [-0.25, -0.2) is 0 Å². The number of rotatable bonds is 5. The van der Waals surface area contributed by atoms with Gasteiger partial charge in [-0.05, 0) is 17.7 Å². The van der Waals surface area contributed by atoms with Crippen LogP contribution in [0.1, 0.15) is 5.56 Å². The molecule has 0 saturated carbocycles. The van der Waals surface area contributed by atoms with Crippen molar-refractivity contribution in [3.05, 3.63) is 30.1 Å². The molecule has 2 aromatic rings. The van der Waals surface area contributed by atoms with Crippen molar-refractivity contribution in [2.45, 2.75) is 19.3 Å². The van der Waals surface area contributed by atoms with Gasteiger partial charge in [0.05, 0.1) is 19.0 Å². The molecule has 6 nitrogen and oxygen atoms in total. The van der Waals surface area contributed by atoms with Crippen molar-refractivity contribution in [1.29, 1.82) is 0 Å². The van der Waals surface area contributed by atoms with E-state index in [1.807, 2.05) is 0 Å². The maximum Gasteiger partial charge on any atom is 0.408 e. The van der Waals surface area contributed by atoms with Gasteiger partial charge in [0.1, 0.15) is 6.54 Å². The highest BCUT2D eigenvalue weighted by Crippen LogP contribution is 2.41. The number of alkyl halides is 3. The molecule has 2 heterocycles. The Balaban J connectivity index is 1.67. The molecule has 124 valence electrons. The number of nitrogens with zero attached hydrogens (tertiary/aromatic N) is 2. The maximum atomic E-state index is 12.3. The van der Waals surface area contributed by atoms with Gasteiger partial charge < -0.3 is 19.5 Å². The van der Waals surface area contributed by atoms with E-state index >= 15 is 0 Å². The molecule has 1 N–H and O–H groups in total. The number of methoxy groups -OCH3 is 1. The van der Waals surface area contributed by atoms with Gasteiger partial charge >= 0.3 is 6.18 Å². The van der Waals surface area contributed by atoms with Crippen LogP contribution in [0.4, 0.5) is 18.9 Å². The Morgan fingerprint density at radius 1 is 1.35 bits per heavy atom. The van der Waals surface area contributed by atoms with Crippen LogP contribution in [0.25, 0.3) is 0 Å². The zero-order valence-electron chi connectivity index (χ0n) is 12.2. The summed E-state index contributed by atoms with van der Waals surface area (Å²) >= 11 is 0. The molecule has 9 heteroatoms. The maximum absolute atomic E-state index is 12.3. The molecule has 0 atom stereocenters. The third-order valence-electron chi connectivity index (χ3n) is 3.19. The summed E-state index contributed by atoms with van der Waals surface area (Å²) in [4.78, 5) is 0. The van der Waals surface area contributed by atoms with Crippen LogP contribution in [0.15, 0.2) is 24.5 Å². The van der Waals surface area contributed by atoms with Gasteiger partial charge in [0.25, 0.3) is 0 Å². The van der Waals surface area contributed by atoms with Crippen LogP contribution in [0.3, 0.4) is 0 Å². The van der Waals surface area contributed by atoms with Gasteiger partial charge in [-0.2, -0.15) is 18.3 Å². The van der Waals surface area contributed by atoms with Crippen LogP contribution in [-0.4, -0.2) is 29.9 Å². The van der Waals surface area contributed by atoms with Crippen molar-refractivity contribution in [3.8, 4) is 17.2 Å². The number of hydrogen-bond donors (Lipinski definition) is 1. The Hall–Kier alpha value is -2.58. The number of nitrogens with one attached hydrogen (secondary N) is 1. The van der Waals surface area contributed by atoms with E-state index in [1.165, 1.54) is 19.5 Å². The SMILES string of the molecule is COc1cc(CNc2cnn(CC(F)(F)F)c2)cc2c1OCO2. The minimum Gasteiger partial charge on any atom is -0.493 e. The highest BCUT2D eigenvalue weighted by Gasteiger charge is 2.28.